The fraction of sp³-hybridized carbons (Fsp3) is 0.261. The summed E-state index contributed by atoms with van der Waals surface area (Å²) in [6, 6.07) is 14.3. The summed E-state index contributed by atoms with van der Waals surface area (Å²) in [7, 11) is 0. The molecule has 0 amide bonds. The van der Waals surface area contributed by atoms with Gasteiger partial charge in [-0.05, 0) is 48.9 Å². The minimum Gasteiger partial charge on any atom is -0.492 e. The van der Waals surface area contributed by atoms with E-state index in [2.05, 4.69) is 28.1 Å². The van der Waals surface area contributed by atoms with Crippen molar-refractivity contribution < 1.29 is 19.5 Å². The minimum atomic E-state index is -1.35. The monoisotopic (exact) mass is 418 g/mol. The second-order valence-electron chi connectivity index (χ2n) is 6.89. The summed E-state index contributed by atoms with van der Waals surface area (Å²) in [5.74, 6) is 6.69. The van der Waals surface area contributed by atoms with E-state index in [1.165, 1.54) is 0 Å². The van der Waals surface area contributed by atoms with E-state index in [1.54, 1.807) is 42.5 Å². The molecule has 0 saturated heterocycles. The summed E-state index contributed by atoms with van der Waals surface area (Å²) in [6.45, 7) is 1.64. The molecule has 31 heavy (non-hydrogen) atoms. The zero-order valence-electron chi connectivity index (χ0n) is 17.0. The maximum atomic E-state index is 9.38. The first kappa shape index (κ1) is 22.0. The van der Waals surface area contributed by atoms with Crippen LogP contribution in [-0.4, -0.2) is 45.7 Å². The average Bonchev–Trinajstić information content (AvgIpc) is 3.31. The third-order valence-corrected chi connectivity index (χ3v) is 4.40. The minimum absolute atomic E-state index is 0.288. The fourth-order valence-corrected chi connectivity index (χ4v) is 2.57. The van der Waals surface area contributed by atoms with Gasteiger partial charge in [0.2, 0.25) is 5.82 Å². The lowest BCUT2D eigenvalue weighted by atomic mass is 10.0. The Morgan fingerprint density at radius 3 is 2.48 bits per heavy atom. The van der Waals surface area contributed by atoms with E-state index >= 15 is 0 Å². The van der Waals surface area contributed by atoms with Gasteiger partial charge in [0.15, 0.2) is 0 Å². The van der Waals surface area contributed by atoms with Crippen LogP contribution in [0.3, 0.4) is 0 Å². The third kappa shape index (κ3) is 5.27. The zero-order valence-corrected chi connectivity index (χ0v) is 17.0. The highest BCUT2D eigenvalue weighted by atomic mass is 16.5. The Morgan fingerprint density at radius 1 is 1.13 bits per heavy atom. The van der Waals surface area contributed by atoms with Crippen LogP contribution in [0.25, 0.3) is 22.8 Å². The molecule has 0 aliphatic carbocycles. The van der Waals surface area contributed by atoms with Crippen LogP contribution in [0.1, 0.15) is 24.5 Å². The largest absolute Gasteiger partial charge is 0.492 e. The summed E-state index contributed by atoms with van der Waals surface area (Å²) < 4.78 is 10.9. The molecule has 8 heteroatoms. The van der Waals surface area contributed by atoms with Gasteiger partial charge in [0.05, 0.1) is 25.4 Å². The van der Waals surface area contributed by atoms with Crippen LogP contribution in [0.2, 0.25) is 0 Å². The molecular weight excluding hydrogens is 396 g/mol. The van der Waals surface area contributed by atoms with Crippen molar-refractivity contribution in [1.29, 1.82) is 5.26 Å². The van der Waals surface area contributed by atoms with Gasteiger partial charge in [-0.3, -0.25) is 0 Å². The Balaban J connectivity index is 1.80. The predicted octanol–water partition coefficient (Wildman–Crippen LogP) is 2.10. The van der Waals surface area contributed by atoms with Gasteiger partial charge in [-0.15, -0.1) is 0 Å². The van der Waals surface area contributed by atoms with Crippen LogP contribution in [0, 0.1) is 23.2 Å². The summed E-state index contributed by atoms with van der Waals surface area (Å²) in [6.07, 6.45) is 0.847. The number of nitriles is 1. The number of aliphatic hydroxyl groups excluding tert-OH is 2. The Labute approximate surface area is 179 Å². The number of aromatic nitrogens is 2. The molecule has 2 aromatic carbocycles. The number of nitrogens with zero attached hydrogens (tertiary/aromatic N) is 3. The van der Waals surface area contributed by atoms with Crippen LogP contribution in [0.5, 0.6) is 5.75 Å². The molecule has 0 saturated carbocycles. The molecule has 1 aromatic heterocycles. The first-order valence-electron chi connectivity index (χ1n) is 9.67. The van der Waals surface area contributed by atoms with Crippen LogP contribution < -0.4 is 10.5 Å². The predicted molar refractivity (Wildman–Crippen MR) is 114 cm³/mol. The van der Waals surface area contributed by atoms with E-state index in [0.29, 0.717) is 40.4 Å². The zero-order chi connectivity index (χ0) is 22.3. The highest BCUT2D eigenvalue weighted by Crippen LogP contribution is 2.27. The third-order valence-electron chi connectivity index (χ3n) is 4.40. The Bertz CT molecular complexity index is 1130. The molecule has 3 rings (SSSR count). The van der Waals surface area contributed by atoms with Gasteiger partial charge in [-0.2, -0.15) is 10.2 Å². The van der Waals surface area contributed by atoms with E-state index in [0.717, 1.165) is 6.42 Å². The lowest BCUT2D eigenvalue weighted by Crippen LogP contribution is -2.45. The lowest BCUT2D eigenvalue weighted by molar-refractivity contribution is 0.158. The fourth-order valence-electron chi connectivity index (χ4n) is 2.57. The van der Waals surface area contributed by atoms with E-state index in [1.807, 2.05) is 6.92 Å². The molecule has 3 aromatic rings. The average molecular weight is 418 g/mol. The Hall–Kier alpha value is -3.69. The SMILES string of the molecule is CCCOc1ccc(-c2nc(-c3ccc(C#CC(N)(CO)CO)cc3)no2)cc1C#N. The summed E-state index contributed by atoms with van der Waals surface area (Å²) in [4.78, 5) is 4.41. The Morgan fingerprint density at radius 2 is 1.84 bits per heavy atom. The molecule has 0 bridgehead atoms. The van der Waals surface area contributed by atoms with Gasteiger partial charge in [-0.25, -0.2) is 0 Å². The van der Waals surface area contributed by atoms with Crippen molar-refractivity contribution >= 4 is 0 Å². The van der Waals surface area contributed by atoms with Crippen molar-refractivity contribution in [3.63, 3.8) is 0 Å². The molecule has 4 N–H and O–H groups in total. The van der Waals surface area contributed by atoms with Gasteiger partial charge in [0.1, 0.15) is 17.4 Å². The van der Waals surface area contributed by atoms with Crippen molar-refractivity contribution in [2.45, 2.75) is 18.9 Å². The molecule has 0 aliphatic heterocycles. The van der Waals surface area contributed by atoms with E-state index in [-0.39, 0.29) is 5.89 Å². The van der Waals surface area contributed by atoms with Gasteiger partial charge < -0.3 is 25.2 Å². The molecule has 0 unspecified atom stereocenters. The number of aliphatic hydroxyl groups is 2. The van der Waals surface area contributed by atoms with E-state index in [9.17, 15) is 15.5 Å². The number of nitrogens with two attached hydrogens (primary N) is 1. The molecule has 158 valence electrons. The first-order chi connectivity index (χ1) is 15.0. The van der Waals surface area contributed by atoms with Gasteiger partial charge >= 0.3 is 0 Å². The van der Waals surface area contributed by atoms with Crippen LogP contribution in [-0.2, 0) is 0 Å². The van der Waals surface area contributed by atoms with Crippen LogP contribution >= 0.6 is 0 Å². The summed E-state index contributed by atoms with van der Waals surface area (Å²) in [5.41, 5.74) is 6.79. The van der Waals surface area contributed by atoms with E-state index < -0.39 is 18.8 Å². The standard InChI is InChI=1S/C23H22N4O4/c1-2-11-30-20-8-7-18(12-19(20)13-24)22-26-21(27-31-22)17-5-3-16(4-6-17)9-10-23(25,14-28)15-29/h3-8,12,28-29H,2,11,14-15,25H2,1H3. The maximum absolute atomic E-state index is 9.38. The molecule has 0 fully saturated rings. The molecular formula is C23H22N4O4. The second kappa shape index (κ2) is 9.88. The number of ether oxygens (including phenoxy) is 1. The highest BCUT2D eigenvalue weighted by molar-refractivity contribution is 5.63. The van der Waals surface area contributed by atoms with Gasteiger partial charge in [0.25, 0.3) is 5.89 Å². The van der Waals surface area contributed by atoms with E-state index in [4.69, 9.17) is 15.0 Å². The van der Waals surface area contributed by atoms with Crippen molar-refractivity contribution in [3.05, 3.63) is 53.6 Å². The number of rotatable bonds is 7. The lowest BCUT2D eigenvalue weighted by Gasteiger charge is -2.16. The number of hydrogen-bond donors (Lipinski definition) is 3. The van der Waals surface area contributed by atoms with Crippen molar-refractivity contribution in [1.82, 2.24) is 10.1 Å². The van der Waals surface area contributed by atoms with Crippen LogP contribution in [0.15, 0.2) is 47.0 Å². The number of benzene rings is 2. The summed E-state index contributed by atoms with van der Waals surface area (Å²) >= 11 is 0. The molecule has 1 heterocycles. The van der Waals surface area contributed by atoms with Crippen molar-refractivity contribution in [3.8, 4) is 46.5 Å². The normalized spacial score (nSPS) is 10.8. The molecule has 0 radical (unpaired) electrons. The van der Waals surface area contributed by atoms with Crippen LogP contribution in [0.4, 0.5) is 0 Å². The Kier molecular flexibility index (Phi) is 7.01. The molecule has 0 spiro atoms. The van der Waals surface area contributed by atoms with Gasteiger partial charge in [-0.1, -0.05) is 23.9 Å². The molecule has 8 nitrogen and oxygen atoms in total. The van der Waals surface area contributed by atoms with Crippen molar-refractivity contribution in [2.75, 3.05) is 19.8 Å². The quantitative estimate of drug-likeness (QED) is 0.496. The summed E-state index contributed by atoms with van der Waals surface area (Å²) in [5, 5.41) is 31.8. The maximum Gasteiger partial charge on any atom is 0.258 e. The van der Waals surface area contributed by atoms with Crippen molar-refractivity contribution in [2.24, 2.45) is 5.73 Å². The highest BCUT2D eigenvalue weighted by Gasteiger charge is 2.19. The first-order valence-corrected chi connectivity index (χ1v) is 9.67. The molecule has 0 aliphatic rings. The smallest absolute Gasteiger partial charge is 0.258 e. The second-order valence-corrected chi connectivity index (χ2v) is 6.89. The molecule has 0 atom stereocenters. The number of hydrogen-bond acceptors (Lipinski definition) is 8. The van der Waals surface area contributed by atoms with Gasteiger partial charge in [0, 0.05) is 16.7 Å². The topological polar surface area (TPSA) is 138 Å².